The molecule has 0 amide bonds. The van der Waals surface area contributed by atoms with Gasteiger partial charge in [-0.1, -0.05) is 109 Å². The van der Waals surface area contributed by atoms with Gasteiger partial charge in [-0.2, -0.15) is 0 Å². The topological polar surface area (TPSA) is 56.2 Å². The molecule has 0 fully saturated rings. The van der Waals surface area contributed by atoms with Gasteiger partial charge in [0.25, 0.3) is 0 Å². The Bertz CT molecular complexity index is 2650. The van der Waals surface area contributed by atoms with Gasteiger partial charge in [-0.15, -0.1) is 0 Å². The van der Waals surface area contributed by atoms with Crippen LogP contribution in [0.4, 0.5) is 0 Å². The van der Waals surface area contributed by atoms with Crippen LogP contribution in [0.2, 0.25) is 0 Å². The van der Waals surface area contributed by atoms with Crippen molar-refractivity contribution in [1.82, 2.24) is 19.4 Å². The third-order valence-corrected chi connectivity index (χ3v) is 8.78. The minimum atomic E-state index is 0.582. The van der Waals surface area contributed by atoms with Crippen molar-refractivity contribution in [3.8, 4) is 34.2 Å². The lowest BCUT2D eigenvalue weighted by Crippen LogP contribution is -2.00. The second-order valence-corrected chi connectivity index (χ2v) is 11.2. The molecule has 0 aliphatic carbocycles. The molecule has 0 unspecified atom stereocenters. The summed E-state index contributed by atoms with van der Waals surface area (Å²) in [4.78, 5) is 14.8. The summed E-state index contributed by atoms with van der Waals surface area (Å²) in [6, 6.07) is 46.0. The van der Waals surface area contributed by atoms with Gasteiger partial charge in [-0.05, 0) is 24.3 Å². The largest absolute Gasteiger partial charge is 0.455 e. The molecule has 0 bridgehead atoms. The van der Waals surface area contributed by atoms with Gasteiger partial charge in [0.15, 0.2) is 17.5 Å². The first-order chi connectivity index (χ1) is 21.8. The minimum absolute atomic E-state index is 0.582. The molecular formula is C39H22N4O. The number of aromatic nitrogens is 4. The zero-order valence-corrected chi connectivity index (χ0v) is 23.4. The molecule has 5 heteroatoms. The van der Waals surface area contributed by atoms with Gasteiger partial charge in [0.1, 0.15) is 11.2 Å². The summed E-state index contributed by atoms with van der Waals surface area (Å²) < 4.78 is 9.11. The molecule has 0 radical (unpaired) electrons. The van der Waals surface area contributed by atoms with Crippen molar-refractivity contribution in [2.24, 2.45) is 0 Å². The van der Waals surface area contributed by atoms with E-state index in [2.05, 4.69) is 71.1 Å². The number of hydrogen-bond acceptors (Lipinski definition) is 4. The van der Waals surface area contributed by atoms with Crippen LogP contribution in [-0.4, -0.2) is 19.4 Å². The van der Waals surface area contributed by atoms with Crippen LogP contribution >= 0.6 is 0 Å². The average molecular weight is 563 g/mol. The van der Waals surface area contributed by atoms with E-state index in [0.717, 1.165) is 38.6 Å². The highest BCUT2D eigenvalue weighted by Gasteiger charge is 2.21. The standard InChI is InChI=1S/C39H22N4O/c1-3-11-23(12-4-1)37-40-38(24-13-5-2-6-14-24)42-39(41-37)29-19-10-18-28-31-21-33-30(22-34(31)44-36(28)29)27-17-9-16-26-25-15-7-8-20-32(25)43(33)35(26)27/h1-22H. The fraction of sp³-hybridized carbons (Fsp3) is 0. The molecule has 0 saturated heterocycles. The Balaban J connectivity index is 1.26. The molecule has 204 valence electrons. The Morgan fingerprint density at radius 3 is 1.77 bits per heavy atom. The predicted octanol–water partition coefficient (Wildman–Crippen LogP) is 9.92. The van der Waals surface area contributed by atoms with Crippen LogP contribution < -0.4 is 0 Å². The Labute approximate surface area is 251 Å². The van der Waals surface area contributed by atoms with Crippen LogP contribution in [0.15, 0.2) is 138 Å². The van der Waals surface area contributed by atoms with E-state index >= 15 is 0 Å². The van der Waals surface area contributed by atoms with Gasteiger partial charge in [0.2, 0.25) is 0 Å². The van der Waals surface area contributed by atoms with Crippen molar-refractivity contribution in [3.05, 3.63) is 133 Å². The van der Waals surface area contributed by atoms with E-state index in [-0.39, 0.29) is 0 Å². The molecular weight excluding hydrogens is 540 g/mol. The number of rotatable bonds is 3. The van der Waals surface area contributed by atoms with Crippen LogP contribution in [0.1, 0.15) is 0 Å². The molecule has 5 nitrogen and oxygen atoms in total. The third kappa shape index (κ3) is 3.21. The minimum Gasteiger partial charge on any atom is -0.455 e. The second-order valence-electron chi connectivity index (χ2n) is 11.2. The maximum Gasteiger partial charge on any atom is 0.167 e. The van der Waals surface area contributed by atoms with Gasteiger partial charge in [-0.25, -0.2) is 15.0 Å². The van der Waals surface area contributed by atoms with Crippen molar-refractivity contribution in [2.75, 3.05) is 0 Å². The Kier molecular flexibility index (Phi) is 4.66. The highest BCUT2D eigenvalue weighted by molar-refractivity contribution is 6.25. The predicted molar refractivity (Wildman–Crippen MR) is 178 cm³/mol. The number of para-hydroxylation sites is 3. The van der Waals surface area contributed by atoms with Crippen molar-refractivity contribution in [2.45, 2.75) is 0 Å². The quantitative estimate of drug-likeness (QED) is 0.215. The number of nitrogens with zero attached hydrogens (tertiary/aromatic N) is 4. The fourth-order valence-corrected chi connectivity index (χ4v) is 6.82. The average Bonchev–Trinajstić information content (AvgIpc) is 3.74. The van der Waals surface area contributed by atoms with Gasteiger partial charge < -0.3 is 8.82 Å². The van der Waals surface area contributed by atoms with Gasteiger partial charge >= 0.3 is 0 Å². The summed E-state index contributed by atoms with van der Waals surface area (Å²) in [6.07, 6.45) is 0. The zero-order valence-electron chi connectivity index (χ0n) is 23.4. The number of furan rings is 1. The first-order valence-corrected chi connectivity index (χ1v) is 14.7. The molecule has 0 saturated carbocycles. The van der Waals surface area contributed by atoms with Crippen molar-refractivity contribution in [1.29, 1.82) is 0 Å². The Hall–Kier alpha value is -6.07. The summed E-state index contributed by atoms with van der Waals surface area (Å²) >= 11 is 0. The maximum atomic E-state index is 6.70. The lowest BCUT2D eigenvalue weighted by atomic mass is 10.1. The van der Waals surface area contributed by atoms with E-state index < -0.39 is 0 Å². The second kappa shape index (κ2) is 8.72. The summed E-state index contributed by atoms with van der Waals surface area (Å²) in [5.41, 5.74) is 7.98. The number of fused-ring (bicyclic) bond motifs is 9. The molecule has 0 atom stereocenters. The van der Waals surface area contributed by atoms with E-state index in [1.165, 1.54) is 38.1 Å². The van der Waals surface area contributed by atoms with Crippen LogP contribution in [0.3, 0.4) is 0 Å². The normalized spacial score (nSPS) is 12.1. The van der Waals surface area contributed by atoms with E-state index in [4.69, 9.17) is 19.4 Å². The van der Waals surface area contributed by atoms with E-state index in [0.29, 0.717) is 17.5 Å². The lowest BCUT2D eigenvalue weighted by molar-refractivity contribution is 0.670. The van der Waals surface area contributed by atoms with E-state index in [9.17, 15) is 0 Å². The van der Waals surface area contributed by atoms with E-state index in [1.54, 1.807) is 0 Å². The number of hydrogen-bond donors (Lipinski definition) is 0. The zero-order chi connectivity index (χ0) is 28.8. The van der Waals surface area contributed by atoms with Crippen molar-refractivity contribution >= 4 is 60.0 Å². The monoisotopic (exact) mass is 562 g/mol. The Morgan fingerprint density at radius 1 is 0.432 bits per heavy atom. The van der Waals surface area contributed by atoms with Gasteiger partial charge in [0, 0.05) is 43.4 Å². The van der Waals surface area contributed by atoms with Crippen molar-refractivity contribution < 1.29 is 4.42 Å². The molecule has 6 aromatic carbocycles. The molecule has 0 N–H and O–H groups in total. The van der Waals surface area contributed by atoms with Crippen LogP contribution in [-0.2, 0) is 0 Å². The first-order valence-electron chi connectivity index (χ1n) is 14.7. The highest BCUT2D eigenvalue weighted by Crippen LogP contribution is 2.43. The number of benzene rings is 6. The summed E-state index contributed by atoms with van der Waals surface area (Å²) in [7, 11) is 0. The van der Waals surface area contributed by atoms with Crippen LogP contribution in [0.5, 0.6) is 0 Å². The van der Waals surface area contributed by atoms with Gasteiger partial charge in [0.05, 0.1) is 22.1 Å². The molecule has 4 heterocycles. The van der Waals surface area contributed by atoms with Gasteiger partial charge in [-0.3, -0.25) is 0 Å². The SMILES string of the molecule is c1ccc(-c2nc(-c3ccccc3)nc(-c3cccc4c3oc3cc5c6cccc7c8ccccc8n(c5cc34)c76)n2)cc1. The summed E-state index contributed by atoms with van der Waals surface area (Å²) in [6.45, 7) is 0. The summed E-state index contributed by atoms with van der Waals surface area (Å²) in [5.74, 6) is 1.83. The van der Waals surface area contributed by atoms with E-state index in [1.807, 2.05) is 66.7 Å². The molecule has 44 heavy (non-hydrogen) atoms. The lowest BCUT2D eigenvalue weighted by Gasteiger charge is -2.08. The summed E-state index contributed by atoms with van der Waals surface area (Å²) in [5, 5.41) is 7.06. The van der Waals surface area contributed by atoms with Crippen LogP contribution in [0.25, 0.3) is 94.2 Å². The molecule has 10 rings (SSSR count). The molecule has 0 spiro atoms. The fourth-order valence-electron chi connectivity index (χ4n) is 6.82. The van der Waals surface area contributed by atoms with Crippen molar-refractivity contribution in [3.63, 3.8) is 0 Å². The third-order valence-electron chi connectivity index (χ3n) is 8.78. The highest BCUT2D eigenvalue weighted by atomic mass is 16.3. The molecule has 10 aromatic rings. The van der Waals surface area contributed by atoms with Crippen LogP contribution in [0, 0.1) is 0 Å². The molecule has 0 aliphatic rings. The smallest absolute Gasteiger partial charge is 0.167 e. The maximum absolute atomic E-state index is 6.70. The molecule has 0 aliphatic heterocycles. The first kappa shape index (κ1) is 23.5. The molecule has 4 aromatic heterocycles. The Morgan fingerprint density at radius 2 is 1.02 bits per heavy atom.